The largest absolute Gasteiger partial charge is 0.325 e. The molecule has 1 aromatic heterocycles. The van der Waals surface area contributed by atoms with Gasteiger partial charge in [-0.05, 0) is 32.0 Å². The van der Waals surface area contributed by atoms with E-state index in [-0.39, 0.29) is 11.2 Å². The number of halogens is 1. The average molecular weight is 381 g/mol. The highest BCUT2D eigenvalue weighted by Gasteiger charge is 2.19. The number of carbonyl (C=O) groups is 1. The van der Waals surface area contributed by atoms with Crippen molar-refractivity contribution in [1.29, 1.82) is 0 Å². The van der Waals surface area contributed by atoms with Gasteiger partial charge in [-0.1, -0.05) is 39.8 Å². The second-order valence-electron chi connectivity index (χ2n) is 4.69. The molecule has 0 saturated carbocycles. The van der Waals surface area contributed by atoms with E-state index < -0.39 is 0 Å². The third kappa shape index (κ3) is 4.20. The number of allylic oxidation sites excluding steroid dienone is 1. The Kier molecular flexibility index (Phi) is 5.79. The van der Waals surface area contributed by atoms with Crippen LogP contribution in [0, 0.1) is 6.92 Å². The van der Waals surface area contributed by atoms with Crippen LogP contribution in [0.1, 0.15) is 12.7 Å². The van der Waals surface area contributed by atoms with E-state index in [1.165, 1.54) is 11.8 Å². The van der Waals surface area contributed by atoms with Crippen molar-refractivity contribution in [2.45, 2.75) is 30.8 Å². The Morgan fingerprint density at radius 2 is 2.32 bits per heavy atom. The van der Waals surface area contributed by atoms with Gasteiger partial charge in [0.2, 0.25) is 5.91 Å². The summed E-state index contributed by atoms with van der Waals surface area (Å²) in [5.41, 5.74) is 0.760. The van der Waals surface area contributed by atoms with E-state index in [0.717, 1.165) is 16.0 Å². The van der Waals surface area contributed by atoms with Gasteiger partial charge in [-0.15, -0.1) is 16.8 Å². The zero-order chi connectivity index (χ0) is 16.1. The summed E-state index contributed by atoms with van der Waals surface area (Å²) in [6.45, 7) is 8.08. The van der Waals surface area contributed by atoms with E-state index in [1.807, 2.05) is 42.7 Å². The van der Waals surface area contributed by atoms with Gasteiger partial charge in [-0.25, -0.2) is 0 Å². The summed E-state index contributed by atoms with van der Waals surface area (Å²) in [6, 6.07) is 7.50. The summed E-state index contributed by atoms with van der Waals surface area (Å²) in [4.78, 5) is 12.3. The predicted octanol–water partition coefficient (Wildman–Crippen LogP) is 3.65. The number of nitrogens with zero attached hydrogens (tertiary/aromatic N) is 3. The maximum absolute atomic E-state index is 12.3. The molecule has 1 heterocycles. The third-order valence-electron chi connectivity index (χ3n) is 2.96. The first-order chi connectivity index (χ1) is 10.5. The third-order valence-corrected chi connectivity index (χ3v) is 4.53. The maximum atomic E-state index is 12.3. The quantitative estimate of drug-likeness (QED) is 0.613. The molecule has 0 aliphatic carbocycles. The van der Waals surface area contributed by atoms with Crippen molar-refractivity contribution in [2.24, 2.45) is 0 Å². The SMILES string of the molecule is C=CCn1c(C)nnc1SC(C)C(=O)Nc1cccc(Br)c1. The minimum absolute atomic E-state index is 0.0751. The van der Waals surface area contributed by atoms with Crippen LogP contribution in [0.4, 0.5) is 5.69 Å². The van der Waals surface area contributed by atoms with Crippen LogP contribution in [0.5, 0.6) is 0 Å². The molecule has 0 fully saturated rings. The van der Waals surface area contributed by atoms with Gasteiger partial charge < -0.3 is 9.88 Å². The van der Waals surface area contributed by atoms with Gasteiger partial charge in [-0.3, -0.25) is 4.79 Å². The Hall–Kier alpha value is -1.60. The molecule has 1 amide bonds. The van der Waals surface area contributed by atoms with Crippen molar-refractivity contribution in [3.8, 4) is 0 Å². The number of hydrogen-bond donors (Lipinski definition) is 1. The van der Waals surface area contributed by atoms with Gasteiger partial charge >= 0.3 is 0 Å². The van der Waals surface area contributed by atoms with Crippen molar-refractivity contribution in [3.05, 3.63) is 47.2 Å². The highest BCUT2D eigenvalue weighted by molar-refractivity contribution is 9.10. The topological polar surface area (TPSA) is 59.8 Å². The predicted molar refractivity (Wildman–Crippen MR) is 93.0 cm³/mol. The highest BCUT2D eigenvalue weighted by atomic mass is 79.9. The molecule has 0 saturated heterocycles. The number of anilines is 1. The first kappa shape index (κ1) is 16.8. The van der Waals surface area contributed by atoms with Crippen LogP contribution in [0.3, 0.4) is 0 Å². The Balaban J connectivity index is 2.04. The molecule has 1 unspecified atom stereocenters. The monoisotopic (exact) mass is 380 g/mol. The standard InChI is InChI=1S/C15H17BrN4OS/c1-4-8-20-11(3)18-19-15(20)22-10(2)14(21)17-13-7-5-6-12(16)9-13/h4-7,9-10H,1,8H2,2-3H3,(H,17,21). The summed E-state index contributed by atoms with van der Waals surface area (Å²) >= 11 is 4.77. The first-order valence-electron chi connectivity index (χ1n) is 6.75. The van der Waals surface area contributed by atoms with Crippen molar-refractivity contribution >= 4 is 39.3 Å². The fourth-order valence-corrected chi connectivity index (χ4v) is 3.11. The number of hydrogen-bond acceptors (Lipinski definition) is 4. The van der Waals surface area contributed by atoms with E-state index in [2.05, 4.69) is 38.0 Å². The van der Waals surface area contributed by atoms with Gasteiger partial charge in [0.15, 0.2) is 5.16 Å². The fourth-order valence-electron chi connectivity index (χ4n) is 1.81. The second-order valence-corrected chi connectivity index (χ2v) is 6.91. The van der Waals surface area contributed by atoms with E-state index >= 15 is 0 Å². The van der Waals surface area contributed by atoms with Crippen molar-refractivity contribution in [3.63, 3.8) is 0 Å². The number of aromatic nitrogens is 3. The van der Waals surface area contributed by atoms with Crippen LogP contribution in [-0.2, 0) is 11.3 Å². The Bertz CT molecular complexity index is 686. The lowest BCUT2D eigenvalue weighted by atomic mass is 10.3. The lowest BCUT2D eigenvalue weighted by Crippen LogP contribution is -2.23. The Morgan fingerprint density at radius 3 is 3.00 bits per heavy atom. The summed E-state index contributed by atoms with van der Waals surface area (Å²) in [5, 5.41) is 11.5. The molecule has 0 bridgehead atoms. The van der Waals surface area contributed by atoms with Crippen LogP contribution in [0.15, 0.2) is 46.5 Å². The van der Waals surface area contributed by atoms with E-state index in [0.29, 0.717) is 11.7 Å². The minimum Gasteiger partial charge on any atom is -0.325 e. The fraction of sp³-hybridized carbons (Fsp3) is 0.267. The molecule has 2 aromatic rings. The number of thioether (sulfide) groups is 1. The lowest BCUT2D eigenvalue weighted by molar-refractivity contribution is -0.115. The molecule has 2 rings (SSSR count). The first-order valence-corrected chi connectivity index (χ1v) is 8.42. The summed E-state index contributed by atoms with van der Waals surface area (Å²) < 4.78 is 2.85. The maximum Gasteiger partial charge on any atom is 0.237 e. The molecule has 5 nitrogen and oxygen atoms in total. The Labute approximate surface area is 142 Å². The molecule has 0 aliphatic heterocycles. The number of nitrogens with one attached hydrogen (secondary N) is 1. The average Bonchev–Trinajstić information content (AvgIpc) is 2.80. The molecular weight excluding hydrogens is 364 g/mol. The van der Waals surface area contributed by atoms with Gasteiger partial charge in [-0.2, -0.15) is 0 Å². The number of aryl methyl sites for hydroxylation is 1. The summed E-state index contributed by atoms with van der Waals surface area (Å²) in [5.74, 6) is 0.732. The normalized spacial score (nSPS) is 12.0. The molecule has 7 heteroatoms. The molecule has 116 valence electrons. The molecular formula is C15H17BrN4OS. The van der Waals surface area contributed by atoms with Gasteiger partial charge in [0.25, 0.3) is 0 Å². The van der Waals surface area contributed by atoms with Crippen LogP contribution in [-0.4, -0.2) is 25.9 Å². The summed E-state index contributed by atoms with van der Waals surface area (Å²) in [6.07, 6.45) is 1.78. The Morgan fingerprint density at radius 1 is 1.55 bits per heavy atom. The van der Waals surface area contributed by atoms with E-state index in [1.54, 1.807) is 6.08 Å². The number of amides is 1. The number of rotatable bonds is 6. The van der Waals surface area contributed by atoms with E-state index in [4.69, 9.17) is 0 Å². The zero-order valence-electron chi connectivity index (χ0n) is 12.4. The molecule has 1 atom stereocenters. The smallest absolute Gasteiger partial charge is 0.237 e. The van der Waals surface area contributed by atoms with Crippen molar-refractivity contribution in [1.82, 2.24) is 14.8 Å². The number of carbonyl (C=O) groups excluding carboxylic acids is 1. The van der Waals surface area contributed by atoms with Gasteiger partial charge in [0.1, 0.15) is 5.82 Å². The van der Waals surface area contributed by atoms with Gasteiger partial charge in [0.05, 0.1) is 5.25 Å². The second kappa shape index (κ2) is 7.60. The zero-order valence-corrected chi connectivity index (χ0v) is 14.8. The molecule has 1 N–H and O–H groups in total. The molecule has 1 aromatic carbocycles. The molecule has 0 spiro atoms. The van der Waals surface area contributed by atoms with Crippen LogP contribution in [0.25, 0.3) is 0 Å². The van der Waals surface area contributed by atoms with Crippen LogP contribution < -0.4 is 5.32 Å². The minimum atomic E-state index is -0.286. The van der Waals surface area contributed by atoms with Gasteiger partial charge in [0, 0.05) is 16.7 Å². The lowest BCUT2D eigenvalue weighted by Gasteiger charge is -2.12. The molecule has 0 radical (unpaired) electrons. The van der Waals surface area contributed by atoms with Crippen LogP contribution in [0.2, 0.25) is 0 Å². The van der Waals surface area contributed by atoms with Crippen molar-refractivity contribution < 1.29 is 4.79 Å². The molecule has 0 aliphatic rings. The van der Waals surface area contributed by atoms with Crippen molar-refractivity contribution in [2.75, 3.05) is 5.32 Å². The highest BCUT2D eigenvalue weighted by Crippen LogP contribution is 2.24. The van der Waals surface area contributed by atoms with E-state index in [9.17, 15) is 4.79 Å². The van der Waals surface area contributed by atoms with Crippen LogP contribution >= 0.6 is 27.7 Å². The number of benzene rings is 1. The molecule has 22 heavy (non-hydrogen) atoms. The summed E-state index contributed by atoms with van der Waals surface area (Å²) in [7, 11) is 0.